The lowest BCUT2D eigenvalue weighted by Crippen LogP contribution is -2.25. The van der Waals surface area contributed by atoms with Crippen molar-refractivity contribution < 1.29 is 18.0 Å². The van der Waals surface area contributed by atoms with Gasteiger partial charge in [0.2, 0.25) is 0 Å². The molecule has 190 valence electrons. The van der Waals surface area contributed by atoms with E-state index < -0.39 is 23.3 Å². The highest BCUT2D eigenvalue weighted by atomic mass is 32.1. The number of nitrogens with one attached hydrogen (secondary N) is 1. The number of aromatic nitrogens is 6. The van der Waals surface area contributed by atoms with Gasteiger partial charge in [-0.15, -0.1) is 11.3 Å². The summed E-state index contributed by atoms with van der Waals surface area (Å²) in [6, 6.07) is 7.06. The predicted octanol–water partition coefficient (Wildman–Crippen LogP) is 4.02. The van der Waals surface area contributed by atoms with Gasteiger partial charge >= 0.3 is 6.18 Å². The molecular weight excluding hydrogens is 505 g/mol. The average Bonchev–Trinajstić information content (AvgIpc) is 3.58. The van der Waals surface area contributed by atoms with Gasteiger partial charge in [0.1, 0.15) is 10.8 Å². The van der Waals surface area contributed by atoms with Crippen LogP contribution in [0, 0.1) is 6.92 Å². The van der Waals surface area contributed by atoms with Crippen LogP contribution in [0.25, 0.3) is 10.8 Å². The third-order valence-corrected chi connectivity index (χ3v) is 6.45. The predicted molar refractivity (Wildman–Crippen MR) is 132 cm³/mol. The van der Waals surface area contributed by atoms with Gasteiger partial charge in [0.15, 0.2) is 5.69 Å². The molecule has 0 fully saturated rings. The van der Waals surface area contributed by atoms with Gasteiger partial charge in [-0.1, -0.05) is 12.1 Å². The number of aryl methyl sites for hydroxylation is 1. The first-order valence-corrected chi connectivity index (χ1v) is 12.0. The summed E-state index contributed by atoms with van der Waals surface area (Å²) in [5.41, 5.74) is 6.31. The van der Waals surface area contributed by atoms with Gasteiger partial charge in [-0.2, -0.15) is 23.4 Å². The first-order chi connectivity index (χ1) is 17.7. The average molecular weight is 527 g/mol. The largest absolute Gasteiger partial charge is 0.435 e. The van der Waals surface area contributed by atoms with E-state index in [4.69, 9.17) is 5.73 Å². The number of fused-ring (bicyclic) bond motifs is 1. The first-order valence-electron chi connectivity index (χ1n) is 11.1. The number of pyridine rings is 1. The molecule has 0 unspecified atom stereocenters. The van der Waals surface area contributed by atoms with E-state index in [1.54, 1.807) is 46.7 Å². The van der Waals surface area contributed by atoms with E-state index in [9.17, 15) is 18.0 Å². The standard InChI is InChI=1S/C24H21F3N8OS/c1-14-7-31-34(9-14)12-20-32-17(13-37-20)10-35-11-19(21(33-35)24(25,26)27)23(36)30-8-15-2-3-18-16(6-15)4-5-29-22(18)28/h2-7,9,11,13H,8,10,12H2,1H3,(H2,28,29)(H,30,36). The van der Waals surface area contributed by atoms with Crippen molar-refractivity contribution in [2.45, 2.75) is 32.7 Å². The van der Waals surface area contributed by atoms with E-state index in [1.165, 1.54) is 11.3 Å². The van der Waals surface area contributed by atoms with Gasteiger partial charge in [0.25, 0.3) is 5.91 Å². The number of hydrogen-bond acceptors (Lipinski definition) is 7. The van der Waals surface area contributed by atoms with Crippen LogP contribution in [0.1, 0.15) is 37.9 Å². The number of nitrogen functional groups attached to an aromatic ring is 1. The van der Waals surface area contributed by atoms with E-state index >= 15 is 0 Å². The molecule has 0 bridgehead atoms. The fourth-order valence-corrected chi connectivity index (χ4v) is 4.64. The summed E-state index contributed by atoms with van der Waals surface area (Å²) in [4.78, 5) is 21.2. The van der Waals surface area contributed by atoms with Gasteiger partial charge in [0, 0.05) is 35.9 Å². The molecule has 3 N–H and O–H groups in total. The number of amides is 1. The zero-order valence-electron chi connectivity index (χ0n) is 19.5. The van der Waals surface area contributed by atoms with Crippen molar-refractivity contribution in [3.63, 3.8) is 0 Å². The van der Waals surface area contributed by atoms with Crippen molar-refractivity contribution >= 4 is 33.8 Å². The number of halogens is 3. The van der Waals surface area contributed by atoms with E-state index in [-0.39, 0.29) is 13.1 Å². The fraction of sp³-hybridized carbons (Fsp3) is 0.208. The number of rotatable bonds is 7. The van der Waals surface area contributed by atoms with Gasteiger partial charge < -0.3 is 11.1 Å². The minimum atomic E-state index is -4.80. The summed E-state index contributed by atoms with van der Waals surface area (Å²) in [6.45, 7) is 2.40. The number of nitrogens with two attached hydrogens (primary N) is 1. The molecule has 0 saturated heterocycles. The maximum Gasteiger partial charge on any atom is 0.435 e. The van der Waals surface area contributed by atoms with Crippen LogP contribution < -0.4 is 11.1 Å². The molecule has 0 spiro atoms. The molecule has 9 nitrogen and oxygen atoms in total. The zero-order valence-corrected chi connectivity index (χ0v) is 20.3. The Morgan fingerprint density at radius 1 is 1.16 bits per heavy atom. The van der Waals surface area contributed by atoms with Crippen LogP contribution in [0.3, 0.4) is 0 Å². The molecule has 4 aromatic heterocycles. The fourth-order valence-electron chi connectivity index (χ4n) is 3.87. The molecule has 0 aliphatic rings. The molecule has 37 heavy (non-hydrogen) atoms. The second kappa shape index (κ2) is 9.65. The SMILES string of the molecule is Cc1cnn(Cc2nc(Cn3cc(C(=O)NCc4ccc5c(N)nccc5c4)c(C(F)(F)F)n3)cs2)c1. The highest BCUT2D eigenvalue weighted by Gasteiger charge is 2.39. The van der Waals surface area contributed by atoms with Crippen molar-refractivity contribution in [2.24, 2.45) is 0 Å². The summed E-state index contributed by atoms with van der Waals surface area (Å²) in [5, 5.41) is 14.5. The third-order valence-electron chi connectivity index (χ3n) is 5.57. The third kappa shape index (κ3) is 5.45. The molecule has 0 aliphatic heterocycles. The highest BCUT2D eigenvalue weighted by molar-refractivity contribution is 7.09. The van der Waals surface area contributed by atoms with Crippen molar-refractivity contribution in [1.29, 1.82) is 0 Å². The number of carbonyl (C=O) groups excluding carboxylic acids is 1. The molecule has 0 saturated carbocycles. The monoisotopic (exact) mass is 526 g/mol. The van der Waals surface area contributed by atoms with Crippen LogP contribution >= 0.6 is 11.3 Å². The zero-order chi connectivity index (χ0) is 26.2. The highest BCUT2D eigenvalue weighted by Crippen LogP contribution is 2.31. The lowest BCUT2D eigenvalue weighted by Gasteiger charge is -2.08. The molecule has 1 amide bonds. The Morgan fingerprint density at radius 2 is 2.00 bits per heavy atom. The number of anilines is 1. The number of benzene rings is 1. The smallest absolute Gasteiger partial charge is 0.383 e. The molecule has 13 heteroatoms. The molecular formula is C24H21F3N8OS. The van der Waals surface area contributed by atoms with E-state index in [0.29, 0.717) is 23.6 Å². The Bertz CT molecular complexity index is 1590. The van der Waals surface area contributed by atoms with Crippen LogP contribution in [0.4, 0.5) is 19.0 Å². The minimum absolute atomic E-state index is 0.00880. The van der Waals surface area contributed by atoms with Gasteiger partial charge in [-0.05, 0) is 35.6 Å². The van der Waals surface area contributed by atoms with Crippen molar-refractivity contribution in [2.75, 3.05) is 5.73 Å². The van der Waals surface area contributed by atoms with Crippen LogP contribution in [-0.4, -0.2) is 35.4 Å². The Balaban J connectivity index is 1.30. The van der Waals surface area contributed by atoms with Gasteiger partial charge in [-0.3, -0.25) is 14.2 Å². The maximum atomic E-state index is 13.7. The Labute approximate surface area is 212 Å². The second-order valence-corrected chi connectivity index (χ2v) is 9.41. The number of nitrogens with zero attached hydrogens (tertiary/aromatic N) is 6. The Morgan fingerprint density at radius 3 is 2.76 bits per heavy atom. The lowest BCUT2D eigenvalue weighted by atomic mass is 10.1. The topological polar surface area (TPSA) is 117 Å². The van der Waals surface area contributed by atoms with Gasteiger partial charge in [-0.25, -0.2) is 9.97 Å². The summed E-state index contributed by atoms with van der Waals surface area (Å²) in [6.07, 6.45) is 1.47. The molecule has 5 aromatic rings. The van der Waals surface area contributed by atoms with Crippen LogP contribution in [-0.2, 0) is 25.8 Å². The summed E-state index contributed by atoms with van der Waals surface area (Å²) in [5.74, 6) is -0.500. The summed E-state index contributed by atoms with van der Waals surface area (Å²) >= 11 is 1.38. The quantitative estimate of drug-likeness (QED) is 0.331. The molecule has 0 atom stereocenters. The number of alkyl halides is 3. The van der Waals surface area contributed by atoms with Crippen LogP contribution in [0.5, 0.6) is 0 Å². The molecule has 0 radical (unpaired) electrons. The molecule has 0 aliphatic carbocycles. The Hall–Kier alpha value is -4.26. The number of carbonyl (C=O) groups is 1. The summed E-state index contributed by atoms with van der Waals surface area (Å²) < 4.78 is 43.9. The van der Waals surface area contributed by atoms with Gasteiger partial charge in [0.05, 0.1) is 30.5 Å². The van der Waals surface area contributed by atoms with Crippen LogP contribution in [0.15, 0.2) is 54.4 Å². The molecule has 5 rings (SSSR count). The normalized spacial score (nSPS) is 11.8. The van der Waals surface area contributed by atoms with E-state index in [0.717, 1.165) is 32.2 Å². The van der Waals surface area contributed by atoms with E-state index in [1.807, 2.05) is 13.1 Å². The van der Waals surface area contributed by atoms with Crippen molar-refractivity contribution in [3.8, 4) is 0 Å². The van der Waals surface area contributed by atoms with Crippen molar-refractivity contribution in [1.82, 2.24) is 34.8 Å². The lowest BCUT2D eigenvalue weighted by molar-refractivity contribution is -0.141. The van der Waals surface area contributed by atoms with Crippen molar-refractivity contribution in [3.05, 3.63) is 87.5 Å². The van der Waals surface area contributed by atoms with E-state index in [2.05, 4.69) is 25.5 Å². The first kappa shape index (κ1) is 24.4. The molecule has 4 heterocycles. The summed E-state index contributed by atoms with van der Waals surface area (Å²) in [7, 11) is 0. The maximum absolute atomic E-state index is 13.7. The minimum Gasteiger partial charge on any atom is -0.383 e. The van der Waals surface area contributed by atoms with Crippen LogP contribution in [0.2, 0.25) is 0 Å². The number of hydrogen-bond donors (Lipinski definition) is 2. The second-order valence-electron chi connectivity index (χ2n) is 8.47. The number of thiazole rings is 1. The molecule has 1 aromatic carbocycles. The Kier molecular flexibility index (Phi) is 6.38.